The molecule has 0 unspecified atom stereocenters. The zero-order valence-corrected chi connectivity index (χ0v) is 16.9. The van der Waals surface area contributed by atoms with Crippen molar-refractivity contribution in [3.8, 4) is 10.6 Å². The van der Waals surface area contributed by atoms with Crippen LogP contribution in [0.15, 0.2) is 72.8 Å². The predicted octanol–water partition coefficient (Wildman–Crippen LogP) is 5.58. The highest BCUT2D eigenvalue weighted by Crippen LogP contribution is 2.45. The Balaban J connectivity index is 1.54. The van der Waals surface area contributed by atoms with Gasteiger partial charge in [-0.25, -0.2) is 14.4 Å². The van der Waals surface area contributed by atoms with Crippen molar-refractivity contribution in [1.29, 1.82) is 0 Å². The molecular formula is C24H19FN2OS. The monoisotopic (exact) mass is 402 g/mol. The molecule has 0 radical (unpaired) electrons. The Bertz CT molecular complexity index is 1250. The van der Waals surface area contributed by atoms with Crippen LogP contribution in [0, 0.1) is 5.82 Å². The van der Waals surface area contributed by atoms with Gasteiger partial charge >= 0.3 is 0 Å². The smallest absolute Gasteiger partial charge is 0.144 e. The average Bonchev–Trinajstić information content (AvgIpc) is 3.41. The molecule has 5 heteroatoms. The molecule has 2 aromatic heterocycles. The first-order chi connectivity index (χ1) is 13.9. The number of pyridine rings is 1. The fourth-order valence-electron chi connectivity index (χ4n) is 3.54. The molecule has 2 aromatic carbocycles. The van der Waals surface area contributed by atoms with Gasteiger partial charge in [-0.15, -0.1) is 0 Å². The van der Waals surface area contributed by atoms with Gasteiger partial charge in [0.25, 0.3) is 0 Å². The number of nitrogens with zero attached hydrogens (tertiary/aromatic N) is 2. The third kappa shape index (κ3) is 3.07. The molecule has 0 fully saturated rings. The number of hydrogen-bond acceptors (Lipinski definition) is 4. The molecule has 29 heavy (non-hydrogen) atoms. The van der Waals surface area contributed by atoms with Crippen molar-refractivity contribution in [3.63, 3.8) is 0 Å². The number of allylic oxidation sites excluding steroid dienone is 2. The van der Waals surface area contributed by atoms with E-state index in [-0.39, 0.29) is 5.41 Å². The molecule has 0 aliphatic heterocycles. The van der Waals surface area contributed by atoms with E-state index in [9.17, 15) is 9.50 Å². The summed E-state index contributed by atoms with van der Waals surface area (Å²) >= 11 is 1.38. The van der Waals surface area contributed by atoms with Crippen LogP contribution in [0.2, 0.25) is 0 Å². The van der Waals surface area contributed by atoms with E-state index in [1.165, 1.54) is 23.0 Å². The standard InChI is InChI=1S/C24H19FN2OS/c1-23(2,28)16-8-9-17(18(25)14-16)21-26-19-10-11-20(27-22(19)29-21)24(12-13-24)15-6-4-3-5-7-15/h3-14,28H,1-2H3. The van der Waals surface area contributed by atoms with Crippen LogP contribution in [0.3, 0.4) is 0 Å². The molecule has 1 aliphatic carbocycles. The minimum absolute atomic E-state index is 0.251. The van der Waals surface area contributed by atoms with Gasteiger partial charge in [-0.2, -0.15) is 0 Å². The lowest BCUT2D eigenvalue weighted by Crippen LogP contribution is -2.15. The van der Waals surface area contributed by atoms with Gasteiger partial charge in [0.2, 0.25) is 0 Å². The summed E-state index contributed by atoms with van der Waals surface area (Å²) in [5.41, 5.74) is 2.50. The fraction of sp³-hybridized carbons (Fsp3) is 0.167. The second-order valence-corrected chi connectivity index (χ2v) is 8.84. The van der Waals surface area contributed by atoms with Crippen molar-refractivity contribution < 1.29 is 9.50 Å². The lowest BCUT2D eigenvalue weighted by molar-refractivity contribution is 0.0782. The molecule has 0 atom stereocenters. The Hall–Kier alpha value is -2.89. The van der Waals surface area contributed by atoms with Crippen LogP contribution in [0.25, 0.3) is 20.9 Å². The molecule has 1 aliphatic rings. The van der Waals surface area contributed by atoms with Gasteiger partial charge < -0.3 is 5.11 Å². The number of aromatic nitrogens is 2. The van der Waals surface area contributed by atoms with Gasteiger partial charge in [0, 0.05) is 5.56 Å². The van der Waals surface area contributed by atoms with Crippen LogP contribution < -0.4 is 0 Å². The van der Waals surface area contributed by atoms with Crippen molar-refractivity contribution >= 4 is 21.7 Å². The number of thiazole rings is 1. The zero-order chi connectivity index (χ0) is 20.2. The molecule has 4 aromatic rings. The van der Waals surface area contributed by atoms with E-state index >= 15 is 0 Å². The summed E-state index contributed by atoms with van der Waals surface area (Å²) < 4.78 is 14.7. The highest BCUT2D eigenvalue weighted by molar-refractivity contribution is 7.21. The lowest BCUT2D eigenvalue weighted by Gasteiger charge is -2.18. The van der Waals surface area contributed by atoms with Crippen molar-refractivity contribution in [1.82, 2.24) is 9.97 Å². The Morgan fingerprint density at radius 1 is 0.966 bits per heavy atom. The zero-order valence-electron chi connectivity index (χ0n) is 16.1. The average molecular weight is 402 g/mol. The third-order valence-electron chi connectivity index (χ3n) is 5.34. The molecule has 0 amide bonds. The van der Waals surface area contributed by atoms with Crippen LogP contribution >= 0.6 is 11.3 Å². The van der Waals surface area contributed by atoms with Crippen LogP contribution in [-0.4, -0.2) is 15.1 Å². The van der Waals surface area contributed by atoms with Crippen LogP contribution in [0.4, 0.5) is 4.39 Å². The first kappa shape index (κ1) is 18.2. The summed E-state index contributed by atoms with van der Waals surface area (Å²) in [6.07, 6.45) is 4.29. The summed E-state index contributed by atoms with van der Waals surface area (Å²) in [6, 6.07) is 19.0. The van der Waals surface area contributed by atoms with E-state index in [0.717, 1.165) is 16.0 Å². The molecule has 0 saturated heterocycles. The molecule has 2 heterocycles. The number of halogens is 1. The number of aliphatic hydroxyl groups is 1. The number of rotatable bonds is 4. The Morgan fingerprint density at radius 3 is 2.38 bits per heavy atom. The summed E-state index contributed by atoms with van der Waals surface area (Å²) in [5, 5.41) is 10.7. The Labute approximate surface area is 172 Å². The second kappa shape index (κ2) is 6.31. The van der Waals surface area contributed by atoms with Gasteiger partial charge in [0.15, 0.2) is 0 Å². The highest BCUT2D eigenvalue weighted by Gasteiger charge is 2.39. The SMILES string of the molecule is CC(C)(O)c1ccc(-c2nc3ccc(C4(c5ccccc5)C=C4)nc3s2)c(F)c1. The van der Waals surface area contributed by atoms with Gasteiger partial charge in [0.05, 0.1) is 16.7 Å². The molecule has 0 saturated carbocycles. The molecule has 1 N–H and O–H groups in total. The van der Waals surface area contributed by atoms with Crippen molar-refractivity contribution in [3.05, 3.63) is 95.5 Å². The maximum atomic E-state index is 14.7. The largest absolute Gasteiger partial charge is 0.386 e. The summed E-state index contributed by atoms with van der Waals surface area (Å²) in [6.45, 7) is 3.28. The van der Waals surface area contributed by atoms with Crippen molar-refractivity contribution in [2.45, 2.75) is 24.9 Å². The van der Waals surface area contributed by atoms with Crippen molar-refractivity contribution in [2.24, 2.45) is 0 Å². The molecule has 3 nitrogen and oxygen atoms in total. The minimum Gasteiger partial charge on any atom is -0.386 e. The maximum absolute atomic E-state index is 14.7. The van der Waals surface area contributed by atoms with E-state index < -0.39 is 11.4 Å². The van der Waals surface area contributed by atoms with E-state index in [1.807, 2.05) is 30.3 Å². The number of fused-ring (bicyclic) bond motifs is 1. The van der Waals surface area contributed by atoms with Gasteiger partial charge in [-0.1, -0.05) is 59.9 Å². The summed E-state index contributed by atoms with van der Waals surface area (Å²) in [5.74, 6) is -0.395. The van der Waals surface area contributed by atoms with E-state index in [1.54, 1.807) is 26.0 Å². The molecule has 0 bridgehead atoms. The molecular weight excluding hydrogens is 383 g/mol. The van der Waals surface area contributed by atoms with E-state index in [4.69, 9.17) is 4.98 Å². The predicted molar refractivity (Wildman–Crippen MR) is 114 cm³/mol. The number of hydrogen-bond donors (Lipinski definition) is 1. The van der Waals surface area contributed by atoms with Crippen LogP contribution in [-0.2, 0) is 11.0 Å². The lowest BCUT2D eigenvalue weighted by atomic mass is 9.89. The number of benzene rings is 2. The van der Waals surface area contributed by atoms with Gasteiger partial charge in [-0.05, 0) is 49.2 Å². The summed E-state index contributed by atoms with van der Waals surface area (Å²) in [4.78, 5) is 10.2. The molecule has 0 spiro atoms. The first-order valence-corrected chi connectivity index (χ1v) is 10.3. The van der Waals surface area contributed by atoms with Gasteiger partial charge in [-0.3, -0.25) is 0 Å². The van der Waals surface area contributed by atoms with Crippen molar-refractivity contribution in [2.75, 3.05) is 0 Å². The fourth-order valence-corrected chi connectivity index (χ4v) is 4.51. The van der Waals surface area contributed by atoms with Crippen LogP contribution in [0.1, 0.15) is 30.7 Å². The third-order valence-corrected chi connectivity index (χ3v) is 6.34. The Kier molecular flexibility index (Phi) is 3.95. The topological polar surface area (TPSA) is 46.0 Å². The minimum atomic E-state index is -1.09. The molecule has 144 valence electrons. The molecule has 5 rings (SSSR count). The Morgan fingerprint density at radius 2 is 1.72 bits per heavy atom. The normalized spacial score (nSPS) is 15.0. The van der Waals surface area contributed by atoms with Crippen LogP contribution in [0.5, 0.6) is 0 Å². The quantitative estimate of drug-likeness (QED) is 0.453. The summed E-state index contributed by atoms with van der Waals surface area (Å²) in [7, 11) is 0. The first-order valence-electron chi connectivity index (χ1n) is 9.44. The van der Waals surface area contributed by atoms with E-state index in [0.29, 0.717) is 16.1 Å². The maximum Gasteiger partial charge on any atom is 0.144 e. The van der Waals surface area contributed by atoms with E-state index in [2.05, 4.69) is 29.3 Å². The second-order valence-electron chi connectivity index (χ2n) is 7.86. The highest BCUT2D eigenvalue weighted by atomic mass is 32.1. The van der Waals surface area contributed by atoms with Gasteiger partial charge in [0.1, 0.15) is 21.2 Å².